The van der Waals surface area contributed by atoms with Crippen LogP contribution in [0.4, 0.5) is 5.82 Å². The summed E-state index contributed by atoms with van der Waals surface area (Å²) in [6.45, 7) is 0. The van der Waals surface area contributed by atoms with E-state index in [0.717, 1.165) is 10.6 Å². The summed E-state index contributed by atoms with van der Waals surface area (Å²) in [5.74, 6) is 1.17. The zero-order chi connectivity index (χ0) is 11.7. The zero-order valence-corrected chi connectivity index (χ0v) is 9.63. The Kier molecular flexibility index (Phi) is 2.34. The van der Waals surface area contributed by atoms with Crippen molar-refractivity contribution in [2.75, 3.05) is 5.73 Å². The number of hydrogen-bond acceptors (Lipinski definition) is 5. The van der Waals surface area contributed by atoms with Crippen LogP contribution in [0.5, 0.6) is 0 Å². The van der Waals surface area contributed by atoms with E-state index in [-0.39, 0.29) is 0 Å². The van der Waals surface area contributed by atoms with Crippen LogP contribution in [-0.4, -0.2) is 20.0 Å². The van der Waals surface area contributed by atoms with Crippen LogP contribution in [0, 0.1) is 0 Å². The maximum atomic E-state index is 5.92. The summed E-state index contributed by atoms with van der Waals surface area (Å²) in [4.78, 5) is 1.08. The minimum atomic E-state index is 0.550. The third-order valence-electron chi connectivity index (χ3n) is 2.29. The molecule has 3 aromatic heterocycles. The van der Waals surface area contributed by atoms with Gasteiger partial charge in [-0.1, -0.05) is 6.07 Å². The molecular formula is C11H9N5S. The van der Waals surface area contributed by atoms with Crippen LogP contribution in [0.3, 0.4) is 0 Å². The Morgan fingerprint density at radius 2 is 2.18 bits per heavy atom. The summed E-state index contributed by atoms with van der Waals surface area (Å²) in [5, 5.41) is 14.2. The molecule has 0 saturated heterocycles. The molecule has 0 aliphatic heterocycles. The fourth-order valence-electron chi connectivity index (χ4n) is 1.53. The van der Waals surface area contributed by atoms with E-state index in [9.17, 15) is 0 Å². The van der Waals surface area contributed by atoms with Gasteiger partial charge in [-0.2, -0.15) is 14.9 Å². The number of nitrogens with two attached hydrogens (primary N) is 1. The van der Waals surface area contributed by atoms with Crippen LogP contribution in [0.1, 0.15) is 0 Å². The number of thiophene rings is 1. The van der Waals surface area contributed by atoms with Crippen LogP contribution in [0.2, 0.25) is 0 Å². The molecule has 0 aliphatic rings. The van der Waals surface area contributed by atoms with Gasteiger partial charge in [-0.05, 0) is 23.6 Å². The Labute approximate surface area is 102 Å². The van der Waals surface area contributed by atoms with Crippen molar-refractivity contribution in [1.29, 1.82) is 0 Å². The van der Waals surface area contributed by atoms with Crippen molar-refractivity contribution < 1.29 is 0 Å². The fourth-order valence-corrected chi connectivity index (χ4v) is 2.21. The van der Waals surface area contributed by atoms with Crippen molar-refractivity contribution in [3.8, 4) is 16.4 Å². The predicted octanol–water partition coefficient (Wildman–Crippen LogP) is 1.97. The zero-order valence-electron chi connectivity index (χ0n) is 8.82. The molecule has 0 aromatic carbocycles. The Morgan fingerprint density at radius 1 is 1.24 bits per heavy atom. The molecule has 0 bridgehead atoms. The molecule has 0 saturated carbocycles. The molecule has 0 fully saturated rings. The number of nitrogens with zero attached hydrogens (tertiary/aromatic N) is 4. The van der Waals surface area contributed by atoms with Gasteiger partial charge in [0.2, 0.25) is 0 Å². The van der Waals surface area contributed by atoms with Gasteiger partial charge >= 0.3 is 0 Å². The lowest BCUT2D eigenvalue weighted by Gasteiger charge is -1.99. The standard InChI is InChI=1S/C11H9N5S/c12-10-7-8(9-3-2-6-17-9)15-16(10)11-4-1-5-13-14-11/h1-7H,12H2. The van der Waals surface area contributed by atoms with Gasteiger partial charge in [0, 0.05) is 12.3 Å². The van der Waals surface area contributed by atoms with Gasteiger partial charge < -0.3 is 5.73 Å². The molecule has 17 heavy (non-hydrogen) atoms. The first-order valence-electron chi connectivity index (χ1n) is 5.02. The molecule has 0 radical (unpaired) electrons. The van der Waals surface area contributed by atoms with Crippen molar-refractivity contribution in [3.05, 3.63) is 41.9 Å². The fraction of sp³-hybridized carbons (Fsp3) is 0. The lowest BCUT2D eigenvalue weighted by atomic mass is 10.3. The van der Waals surface area contributed by atoms with Crippen LogP contribution in [-0.2, 0) is 0 Å². The van der Waals surface area contributed by atoms with Gasteiger partial charge in [0.05, 0.1) is 4.88 Å². The van der Waals surface area contributed by atoms with Crippen LogP contribution in [0.25, 0.3) is 16.4 Å². The second-order valence-electron chi connectivity index (χ2n) is 3.43. The van der Waals surface area contributed by atoms with Crippen molar-refractivity contribution in [2.45, 2.75) is 0 Å². The van der Waals surface area contributed by atoms with E-state index in [4.69, 9.17) is 5.73 Å². The normalized spacial score (nSPS) is 10.6. The highest BCUT2D eigenvalue weighted by Gasteiger charge is 2.09. The van der Waals surface area contributed by atoms with Crippen molar-refractivity contribution in [2.24, 2.45) is 0 Å². The van der Waals surface area contributed by atoms with E-state index >= 15 is 0 Å². The number of nitrogen functional groups attached to an aromatic ring is 1. The van der Waals surface area contributed by atoms with Crippen molar-refractivity contribution in [3.63, 3.8) is 0 Å². The molecule has 5 nitrogen and oxygen atoms in total. The Balaban J connectivity index is 2.08. The summed E-state index contributed by atoms with van der Waals surface area (Å²) in [6.07, 6.45) is 1.61. The third kappa shape index (κ3) is 1.78. The maximum absolute atomic E-state index is 5.92. The summed E-state index contributed by atoms with van der Waals surface area (Å²) in [7, 11) is 0. The van der Waals surface area contributed by atoms with E-state index in [1.54, 1.807) is 28.3 Å². The Hall–Kier alpha value is -2.21. The number of aromatic nitrogens is 4. The highest BCUT2D eigenvalue weighted by molar-refractivity contribution is 7.13. The molecule has 2 N–H and O–H groups in total. The summed E-state index contributed by atoms with van der Waals surface area (Å²) in [6, 6.07) is 9.44. The monoisotopic (exact) mass is 243 g/mol. The predicted molar refractivity (Wildman–Crippen MR) is 66.9 cm³/mol. The van der Waals surface area contributed by atoms with Crippen LogP contribution < -0.4 is 5.73 Å². The van der Waals surface area contributed by atoms with Gasteiger partial charge in [-0.15, -0.1) is 16.4 Å². The highest BCUT2D eigenvalue weighted by atomic mass is 32.1. The lowest BCUT2D eigenvalue weighted by molar-refractivity contribution is 0.826. The number of anilines is 1. The Bertz CT molecular complexity index is 615. The second-order valence-corrected chi connectivity index (χ2v) is 4.37. The number of rotatable bonds is 2. The average Bonchev–Trinajstić information content (AvgIpc) is 2.99. The lowest BCUT2D eigenvalue weighted by Crippen LogP contribution is -2.04. The molecule has 3 rings (SSSR count). The van der Waals surface area contributed by atoms with E-state index in [2.05, 4.69) is 15.3 Å². The average molecular weight is 243 g/mol. The number of hydrogen-bond donors (Lipinski definition) is 1. The van der Waals surface area contributed by atoms with E-state index in [1.165, 1.54) is 0 Å². The molecule has 84 valence electrons. The first kappa shape index (κ1) is 9.98. The topological polar surface area (TPSA) is 69.6 Å². The van der Waals surface area contributed by atoms with Gasteiger partial charge in [0.15, 0.2) is 5.82 Å². The molecule has 3 heterocycles. The molecule has 3 aromatic rings. The SMILES string of the molecule is Nc1cc(-c2cccs2)nn1-c1cccnn1. The first-order valence-corrected chi connectivity index (χ1v) is 5.90. The molecular weight excluding hydrogens is 234 g/mol. The third-order valence-corrected chi connectivity index (χ3v) is 3.18. The van der Waals surface area contributed by atoms with Crippen LogP contribution in [0.15, 0.2) is 41.9 Å². The van der Waals surface area contributed by atoms with E-state index in [0.29, 0.717) is 11.6 Å². The van der Waals surface area contributed by atoms with Gasteiger partial charge in [0.25, 0.3) is 0 Å². The summed E-state index contributed by atoms with van der Waals surface area (Å²) in [5.41, 5.74) is 6.77. The molecule has 0 unspecified atom stereocenters. The largest absolute Gasteiger partial charge is 0.384 e. The Morgan fingerprint density at radius 3 is 2.88 bits per heavy atom. The van der Waals surface area contributed by atoms with Gasteiger partial charge in [-0.3, -0.25) is 0 Å². The molecule has 6 heteroatoms. The quantitative estimate of drug-likeness (QED) is 0.747. The molecule has 0 spiro atoms. The van der Waals surface area contributed by atoms with Crippen molar-refractivity contribution in [1.82, 2.24) is 20.0 Å². The first-order chi connectivity index (χ1) is 8.34. The smallest absolute Gasteiger partial charge is 0.177 e. The highest BCUT2D eigenvalue weighted by Crippen LogP contribution is 2.25. The maximum Gasteiger partial charge on any atom is 0.177 e. The summed E-state index contributed by atoms with van der Waals surface area (Å²) < 4.78 is 1.59. The van der Waals surface area contributed by atoms with Gasteiger partial charge in [-0.25, -0.2) is 0 Å². The minimum absolute atomic E-state index is 0.550. The van der Waals surface area contributed by atoms with E-state index < -0.39 is 0 Å². The molecule has 0 atom stereocenters. The van der Waals surface area contributed by atoms with E-state index in [1.807, 2.05) is 29.6 Å². The minimum Gasteiger partial charge on any atom is -0.384 e. The van der Waals surface area contributed by atoms with Crippen LogP contribution >= 0.6 is 11.3 Å². The molecule has 0 aliphatic carbocycles. The molecule has 0 amide bonds. The van der Waals surface area contributed by atoms with Gasteiger partial charge in [0.1, 0.15) is 11.5 Å². The summed E-state index contributed by atoms with van der Waals surface area (Å²) >= 11 is 1.63. The second kappa shape index (κ2) is 3.99. The van der Waals surface area contributed by atoms with Crippen molar-refractivity contribution >= 4 is 17.2 Å².